The second-order valence-corrected chi connectivity index (χ2v) is 8.43. The molecule has 6 heteroatoms. The van der Waals surface area contributed by atoms with Crippen molar-refractivity contribution in [2.45, 2.75) is 37.1 Å². The first kappa shape index (κ1) is 18.6. The van der Waals surface area contributed by atoms with Gasteiger partial charge in [0.1, 0.15) is 6.04 Å². The summed E-state index contributed by atoms with van der Waals surface area (Å²) in [6.07, 6.45) is 2.27. The van der Waals surface area contributed by atoms with Gasteiger partial charge in [0.05, 0.1) is 4.90 Å². The van der Waals surface area contributed by atoms with Gasteiger partial charge in [-0.05, 0) is 49.4 Å². The Morgan fingerprint density at radius 3 is 2.42 bits per heavy atom. The summed E-state index contributed by atoms with van der Waals surface area (Å²) < 4.78 is 28.3. The number of carbonyl (C=O) groups excluding carboxylic acids is 1. The number of sulfonamides is 1. The minimum Gasteiger partial charge on any atom is -0.341 e. The van der Waals surface area contributed by atoms with Crippen LogP contribution < -0.4 is 4.72 Å². The molecule has 0 bridgehead atoms. The first-order valence-corrected chi connectivity index (χ1v) is 10.4. The fourth-order valence-electron chi connectivity index (χ4n) is 3.22. The lowest BCUT2D eigenvalue weighted by Crippen LogP contribution is -2.48. The van der Waals surface area contributed by atoms with Gasteiger partial charge in [-0.15, -0.1) is 0 Å². The fourth-order valence-corrected chi connectivity index (χ4v) is 4.52. The largest absolute Gasteiger partial charge is 0.341 e. The number of hydrogen-bond acceptors (Lipinski definition) is 3. The topological polar surface area (TPSA) is 66.5 Å². The third-order valence-electron chi connectivity index (χ3n) is 4.60. The molecule has 0 radical (unpaired) electrons. The maximum Gasteiger partial charge on any atom is 0.241 e. The highest BCUT2D eigenvalue weighted by Gasteiger charge is 2.30. The van der Waals surface area contributed by atoms with Gasteiger partial charge in [0.15, 0.2) is 0 Å². The van der Waals surface area contributed by atoms with Crippen LogP contribution in [-0.2, 0) is 21.2 Å². The molecule has 1 heterocycles. The first-order valence-electron chi connectivity index (χ1n) is 8.87. The van der Waals surface area contributed by atoms with Gasteiger partial charge in [0.25, 0.3) is 0 Å². The van der Waals surface area contributed by atoms with E-state index in [0.29, 0.717) is 19.5 Å². The van der Waals surface area contributed by atoms with Crippen molar-refractivity contribution in [3.8, 4) is 0 Å². The number of nitrogens with one attached hydrogen (secondary N) is 1. The summed E-state index contributed by atoms with van der Waals surface area (Å²) in [5.74, 6) is -0.150. The van der Waals surface area contributed by atoms with Gasteiger partial charge in [0, 0.05) is 13.1 Å². The molecule has 3 rings (SSSR count). The smallest absolute Gasteiger partial charge is 0.241 e. The molecule has 26 heavy (non-hydrogen) atoms. The van der Waals surface area contributed by atoms with E-state index in [2.05, 4.69) is 4.72 Å². The highest BCUT2D eigenvalue weighted by Crippen LogP contribution is 2.16. The SMILES string of the molecule is Cc1cccc(S(=O)(=O)N[C@@H](Cc2ccccc2)C(=O)N2CCCC2)c1. The van der Waals surface area contributed by atoms with Crippen LogP contribution in [0.15, 0.2) is 59.5 Å². The number of rotatable bonds is 6. The van der Waals surface area contributed by atoms with Crippen LogP contribution in [-0.4, -0.2) is 38.4 Å². The van der Waals surface area contributed by atoms with E-state index in [1.807, 2.05) is 43.3 Å². The maximum absolute atomic E-state index is 12.9. The van der Waals surface area contributed by atoms with E-state index >= 15 is 0 Å². The lowest BCUT2D eigenvalue weighted by molar-refractivity contribution is -0.131. The molecule has 0 aromatic heterocycles. The predicted molar refractivity (Wildman–Crippen MR) is 101 cm³/mol. The van der Waals surface area contributed by atoms with E-state index in [1.165, 1.54) is 0 Å². The van der Waals surface area contributed by atoms with Crippen molar-refractivity contribution in [3.05, 3.63) is 65.7 Å². The number of hydrogen-bond donors (Lipinski definition) is 1. The van der Waals surface area contributed by atoms with Gasteiger partial charge in [0.2, 0.25) is 15.9 Å². The molecule has 2 aromatic carbocycles. The van der Waals surface area contributed by atoms with Gasteiger partial charge in [-0.25, -0.2) is 8.42 Å². The second kappa shape index (κ2) is 8.01. The average molecular weight is 372 g/mol. The minimum absolute atomic E-state index is 0.150. The lowest BCUT2D eigenvalue weighted by atomic mass is 10.1. The molecule has 1 aliphatic heterocycles. The summed E-state index contributed by atoms with van der Waals surface area (Å²) in [6.45, 7) is 3.22. The number of likely N-dealkylation sites (tertiary alicyclic amines) is 1. The molecule has 1 N–H and O–H groups in total. The number of aryl methyl sites for hydroxylation is 1. The first-order chi connectivity index (χ1) is 12.5. The average Bonchev–Trinajstić information content (AvgIpc) is 3.16. The molecule has 0 unspecified atom stereocenters. The standard InChI is InChI=1S/C20H24N2O3S/c1-16-8-7-11-18(14-16)26(24,25)21-19(15-17-9-3-2-4-10-17)20(23)22-12-5-6-13-22/h2-4,7-11,14,19,21H,5-6,12-13,15H2,1H3/t19-/m0/s1. The Balaban J connectivity index is 1.85. The minimum atomic E-state index is -3.77. The molecule has 2 aromatic rings. The predicted octanol–water partition coefficient (Wildman–Crippen LogP) is 2.51. The van der Waals surface area contributed by atoms with E-state index in [9.17, 15) is 13.2 Å². The zero-order chi connectivity index (χ0) is 18.6. The zero-order valence-electron chi connectivity index (χ0n) is 14.9. The molecule has 0 saturated carbocycles. The van der Waals surface area contributed by atoms with Crippen molar-refractivity contribution in [1.82, 2.24) is 9.62 Å². The molecule has 1 amide bonds. The summed E-state index contributed by atoms with van der Waals surface area (Å²) in [7, 11) is -3.77. The molecule has 0 aliphatic carbocycles. The Morgan fingerprint density at radius 2 is 1.77 bits per heavy atom. The molecule has 5 nitrogen and oxygen atoms in total. The Labute approximate surface area is 155 Å². The molecule has 0 spiro atoms. The van der Waals surface area contributed by atoms with E-state index in [-0.39, 0.29) is 10.8 Å². The molecule has 1 aliphatic rings. The Hall–Kier alpha value is -2.18. The van der Waals surface area contributed by atoms with Gasteiger partial charge < -0.3 is 4.90 Å². The van der Waals surface area contributed by atoms with Crippen molar-refractivity contribution in [1.29, 1.82) is 0 Å². The Bertz CT molecular complexity index is 860. The summed E-state index contributed by atoms with van der Waals surface area (Å²) in [5, 5.41) is 0. The molecular weight excluding hydrogens is 348 g/mol. The van der Waals surface area contributed by atoms with E-state index in [1.54, 1.807) is 23.1 Å². The third kappa shape index (κ3) is 4.51. The molecule has 138 valence electrons. The second-order valence-electron chi connectivity index (χ2n) is 6.71. The fraction of sp³-hybridized carbons (Fsp3) is 0.350. The van der Waals surface area contributed by atoms with Gasteiger partial charge >= 0.3 is 0 Å². The van der Waals surface area contributed by atoms with Crippen LogP contribution in [0.2, 0.25) is 0 Å². The number of carbonyl (C=O) groups is 1. The van der Waals surface area contributed by atoms with E-state index < -0.39 is 16.1 Å². The van der Waals surface area contributed by atoms with Crippen LogP contribution in [0.5, 0.6) is 0 Å². The van der Waals surface area contributed by atoms with Crippen LogP contribution in [0.4, 0.5) is 0 Å². The summed E-state index contributed by atoms with van der Waals surface area (Å²) >= 11 is 0. The van der Waals surface area contributed by atoms with E-state index in [4.69, 9.17) is 0 Å². The van der Waals surface area contributed by atoms with Gasteiger partial charge in [-0.3, -0.25) is 4.79 Å². The highest BCUT2D eigenvalue weighted by molar-refractivity contribution is 7.89. The maximum atomic E-state index is 12.9. The number of nitrogens with zero attached hydrogens (tertiary/aromatic N) is 1. The highest BCUT2D eigenvalue weighted by atomic mass is 32.2. The van der Waals surface area contributed by atoms with Crippen molar-refractivity contribution in [3.63, 3.8) is 0 Å². The van der Waals surface area contributed by atoms with Crippen molar-refractivity contribution in [2.24, 2.45) is 0 Å². The quantitative estimate of drug-likeness (QED) is 0.847. The van der Waals surface area contributed by atoms with Gasteiger partial charge in [-0.2, -0.15) is 4.72 Å². The van der Waals surface area contributed by atoms with Gasteiger partial charge in [-0.1, -0.05) is 42.5 Å². The summed E-state index contributed by atoms with van der Waals surface area (Å²) in [5.41, 5.74) is 1.79. The summed E-state index contributed by atoms with van der Waals surface area (Å²) in [4.78, 5) is 14.9. The van der Waals surface area contributed by atoms with Crippen LogP contribution in [0.3, 0.4) is 0 Å². The molecule has 1 atom stereocenters. The van der Waals surface area contributed by atoms with Crippen molar-refractivity contribution in [2.75, 3.05) is 13.1 Å². The molecule has 1 fully saturated rings. The summed E-state index contributed by atoms with van der Waals surface area (Å²) in [6, 6.07) is 15.4. The van der Waals surface area contributed by atoms with Crippen molar-refractivity contribution >= 4 is 15.9 Å². The Morgan fingerprint density at radius 1 is 1.08 bits per heavy atom. The van der Waals surface area contributed by atoms with Crippen molar-refractivity contribution < 1.29 is 13.2 Å². The van der Waals surface area contributed by atoms with Crippen LogP contribution in [0.1, 0.15) is 24.0 Å². The monoisotopic (exact) mass is 372 g/mol. The normalized spacial score (nSPS) is 15.8. The van der Waals surface area contributed by atoms with Crippen LogP contribution in [0.25, 0.3) is 0 Å². The van der Waals surface area contributed by atoms with Crippen LogP contribution in [0, 0.1) is 6.92 Å². The number of amides is 1. The lowest BCUT2D eigenvalue weighted by Gasteiger charge is -2.24. The zero-order valence-corrected chi connectivity index (χ0v) is 15.7. The van der Waals surface area contributed by atoms with E-state index in [0.717, 1.165) is 24.0 Å². The number of benzene rings is 2. The Kier molecular flexibility index (Phi) is 5.74. The van der Waals surface area contributed by atoms with Crippen LogP contribution >= 0.6 is 0 Å². The molecule has 1 saturated heterocycles. The molecular formula is C20H24N2O3S. The third-order valence-corrected chi connectivity index (χ3v) is 6.07.